The third-order valence-electron chi connectivity index (χ3n) is 2.36. The van der Waals surface area contributed by atoms with E-state index in [0.29, 0.717) is 11.1 Å². The molecule has 1 rings (SSSR count). The van der Waals surface area contributed by atoms with E-state index in [4.69, 9.17) is 9.47 Å². The van der Waals surface area contributed by atoms with E-state index in [1.807, 2.05) is 24.3 Å². The van der Waals surface area contributed by atoms with E-state index in [9.17, 15) is 4.79 Å². The molecule has 0 heterocycles. The summed E-state index contributed by atoms with van der Waals surface area (Å²) in [6.07, 6.45) is -0.681. The molecule has 0 bridgehead atoms. The van der Waals surface area contributed by atoms with Gasteiger partial charge >= 0.3 is 108 Å². The molecule has 0 aliphatic heterocycles. The Labute approximate surface area is 108 Å². The Balaban J connectivity index is 3.00. The fraction of sp³-hybridized carbons (Fsp3) is 0.308. The molecule has 0 aliphatic carbocycles. The Morgan fingerprint density at radius 2 is 1.88 bits per heavy atom. The Morgan fingerprint density at radius 1 is 1.29 bits per heavy atom. The Bertz CT molecular complexity index is 411. The van der Waals surface area contributed by atoms with Gasteiger partial charge in [0.1, 0.15) is 0 Å². The first-order valence-electron chi connectivity index (χ1n) is 5.07. The second-order valence-corrected chi connectivity index (χ2v) is 5.14. The SMILES string of the molecule is C=C(C(=O)c1ccccc1[Se]C)C(OC)OC. The molecule has 17 heavy (non-hydrogen) atoms. The predicted molar refractivity (Wildman–Crippen MR) is 69.0 cm³/mol. The molecule has 0 saturated heterocycles. The number of benzene rings is 1. The molecule has 0 atom stereocenters. The molecule has 92 valence electrons. The van der Waals surface area contributed by atoms with Crippen molar-refractivity contribution >= 4 is 25.2 Å². The molecule has 1 aromatic carbocycles. The fourth-order valence-corrected chi connectivity index (χ4v) is 2.74. The first-order valence-corrected chi connectivity index (χ1v) is 7.64. The molecule has 0 amide bonds. The van der Waals surface area contributed by atoms with Gasteiger partial charge in [-0.05, 0) is 0 Å². The average Bonchev–Trinajstić information content (AvgIpc) is 2.39. The van der Waals surface area contributed by atoms with E-state index in [2.05, 4.69) is 12.4 Å². The Morgan fingerprint density at radius 3 is 2.41 bits per heavy atom. The van der Waals surface area contributed by atoms with E-state index in [0.717, 1.165) is 4.46 Å². The van der Waals surface area contributed by atoms with Gasteiger partial charge in [-0.1, -0.05) is 0 Å². The summed E-state index contributed by atoms with van der Waals surface area (Å²) < 4.78 is 11.1. The zero-order valence-electron chi connectivity index (χ0n) is 10.2. The second-order valence-electron chi connectivity index (χ2n) is 3.36. The van der Waals surface area contributed by atoms with Gasteiger partial charge in [0.2, 0.25) is 0 Å². The first-order chi connectivity index (χ1) is 8.15. The number of hydrogen-bond acceptors (Lipinski definition) is 3. The zero-order chi connectivity index (χ0) is 12.8. The maximum absolute atomic E-state index is 12.2. The molecule has 0 aromatic heterocycles. The fourth-order valence-electron chi connectivity index (χ4n) is 1.49. The number of methoxy groups -OCH3 is 2. The van der Waals surface area contributed by atoms with E-state index < -0.39 is 6.29 Å². The van der Waals surface area contributed by atoms with E-state index in [-0.39, 0.29) is 20.7 Å². The number of ether oxygens (including phenoxy) is 2. The summed E-state index contributed by atoms with van der Waals surface area (Å²) in [5, 5.41) is 0. The van der Waals surface area contributed by atoms with E-state index in [1.54, 1.807) is 0 Å². The summed E-state index contributed by atoms with van der Waals surface area (Å²) in [5.74, 6) is 1.96. The van der Waals surface area contributed by atoms with Gasteiger partial charge in [0.25, 0.3) is 0 Å². The van der Waals surface area contributed by atoms with Crippen molar-refractivity contribution < 1.29 is 14.3 Å². The molecule has 0 radical (unpaired) electrons. The van der Waals surface area contributed by atoms with Gasteiger partial charge in [0.05, 0.1) is 0 Å². The standard InChI is InChI=1S/C13H16O3Se/c1-9(13(15-2)16-3)12(14)10-7-5-6-8-11(10)17-4/h5-8,13H,1H2,2-4H3. The predicted octanol–water partition coefficient (Wildman–Crippen LogP) is 1.42. The summed E-state index contributed by atoms with van der Waals surface area (Å²) in [6.45, 7) is 3.76. The van der Waals surface area contributed by atoms with Crippen molar-refractivity contribution in [2.75, 3.05) is 14.2 Å². The van der Waals surface area contributed by atoms with Gasteiger partial charge in [0.15, 0.2) is 0 Å². The van der Waals surface area contributed by atoms with Gasteiger partial charge < -0.3 is 0 Å². The third-order valence-corrected chi connectivity index (χ3v) is 4.03. The Kier molecular flexibility index (Phi) is 5.59. The normalized spacial score (nSPS) is 10.6. The minimum absolute atomic E-state index is 0.113. The molecule has 0 unspecified atom stereocenters. The van der Waals surface area contributed by atoms with Crippen molar-refractivity contribution in [1.29, 1.82) is 0 Å². The molecule has 1 aromatic rings. The number of carbonyl (C=O) groups is 1. The third kappa shape index (κ3) is 3.27. The van der Waals surface area contributed by atoms with Crippen LogP contribution in [0.1, 0.15) is 10.4 Å². The quantitative estimate of drug-likeness (QED) is 0.345. The van der Waals surface area contributed by atoms with Crippen molar-refractivity contribution in [1.82, 2.24) is 0 Å². The molecule has 3 nitrogen and oxygen atoms in total. The average molecular weight is 299 g/mol. The van der Waals surface area contributed by atoms with Crippen molar-refractivity contribution in [3.8, 4) is 0 Å². The van der Waals surface area contributed by atoms with Crippen molar-refractivity contribution in [2.24, 2.45) is 0 Å². The van der Waals surface area contributed by atoms with Crippen LogP contribution >= 0.6 is 0 Å². The number of rotatable bonds is 6. The van der Waals surface area contributed by atoms with Crippen LogP contribution in [-0.4, -0.2) is 41.2 Å². The first kappa shape index (κ1) is 14.1. The number of Topliss-reactive ketones (excluding diaryl/α,β-unsaturated/α-hetero) is 1. The molecular formula is C13H16O3Se. The zero-order valence-corrected chi connectivity index (χ0v) is 11.9. The summed E-state index contributed by atoms with van der Waals surface area (Å²) in [5.41, 5.74) is 1.02. The van der Waals surface area contributed by atoms with Gasteiger partial charge in [0, 0.05) is 0 Å². The topological polar surface area (TPSA) is 35.5 Å². The van der Waals surface area contributed by atoms with Crippen molar-refractivity contribution in [3.05, 3.63) is 42.0 Å². The van der Waals surface area contributed by atoms with Crippen LogP contribution in [0.3, 0.4) is 0 Å². The monoisotopic (exact) mass is 300 g/mol. The van der Waals surface area contributed by atoms with Gasteiger partial charge in [-0.15, -0.1) is 0 Å². The summed E-state index contributed by atoms with van der Waals surface area (Å²) in [4.78, 5) is 12.2. The molecule has 0 spiro atoms. The van der Waals surface area contributed by atoms with Crippen LogP contribution in [0.15, 0.2) is 36.4 Å². The Hall–Kier alpha value is -0.931. The van der Waals surface area contributed by atoms with E-state index >= 15 is 0 Å². The van der Waals surface area contributed by atoms with Gasteiger partial charge in [-0.25, -0.2) is 0 Å². The van der Waals surface area contributed by atoms with Crippen LogP contribution in [0.2, 0.25) is 5.82 Å². The van der Waals surface area contributed by atoms with Crippen molar-refractivity contribution in [3.63, 3.8) is 0 Å². The van der Waals surface area contributed by atoms with Gasteiger partial charge in [-0.3, -0.25) is 0 Å². The summed E-state index contributed by atoms with van der Waals surface area (Å²) in [7, 11) is 2.98. The number of ketones is 1. The molecular weight excluding hydrogens is 283 g/mol. The molecule has 4 heteroatoms. The maximum atomic E-state index is 12.2. The minimum atomic E-state index is -0.681. The van der Waals surface area contributed by atoms with Crippen LogP contribution in [0.4, 0.5) is 0 Å². The van der Waals surface area contributed by atoms with Crippen LogP contribution in [0.25, 0.3) is 0 Å². The summed E-state index contributed by atoms with van der Waals surface area (Å²) in [6, 6.07) is 7.57. The van der Waals surface area contributed by atoms with Crippen LogP contribution < -0.4 is 4.46 Å². The molecule has 0 fully saturated rings. The second kappa shape index (κ2) is 6.72. The molecule has 0 N–H and O–H groups in total. The molecule has 0 saturated carbocycles. The van der Waals surface area contributed by atoms with Crippen LogP contribution in [0.5, 0.6) is 0 Å². The van der Waals surface area contributed by atoms with E-state index in [1.165, 1.54) is 14.2 Å². The summed E-state index contributed by atoms with van der Waals surface area (Å²) >= 11 is 0.266. The van der Waals surface area contributed by atoms with Crippen molar-refractivity contribution in [2.45, 2.75) is 12.1 Å². The molecule has 0 aliphatic rings. The number of carbonyl (C=O) groups excluding carboxylic acids is 1. The van der Waals surface area contributed by atoms with Crippen LogP contribution in [-0.2, 0) is 9.47 Å². The van der Waals surface area contributed by atoms with Gasteiger partial charge in [-0.2, -0.15) is 0 Å². The van der Waals surface area contributed by atoms with Crippen LogP contribution in [0, 0.1) is 0 Å². The number of hydrogen-bond donors (Lipinski definition) is 0.